The van der Waals surface area contributed by atoms with E-state index in [-0.39, 0.29) is 30.9 Å². The Kier molecular flexibility index (Phi) is 6.16. The van der Waals surface area contributed by atoms with Crippen LogP contribution in [0.5, 0.6) is 0 Å². The van der Waals surface area contributed by atoms with Gasteiger partial charge < -0.3 is 20.1 Å². The minimum absolute atomic E-state index is 0.121. The fourth-order valence-corrected chi connectivity index (χ4v) is 2.56. The van der Waals surface area contributed by atoms with Crippen LogP contribution in [0.2, 0.25) is 0 Å². The molecule has 0 fully saturated rings. The number of esters is 2. The van der Waals surface area contributed by atoms with Gasteiger partial charge in [-0.2, -0.15) is 0 Å². The summed E-state index contributed by atoms with van der Waals surface area (Å²) in [7, 11) is 0. The van der Waals surface area contributed by atoms with Crippen molar-refractivity contribution in [3.8, 4) is 0 Å². The lowest BCUT2D eigenvalue weighted by Gasteiger charge is -2.26. The molecule has 0 unspecified atom stereocenters. The first-order chi connectivity index (χ1) is 11.9. The molecule has 0 aliphatic carbocycles. The van der Waals surface area contributed by atoms with Gasteiger partial charge in [-0.25, -0.2) is 9.59 Å². The van der Waals surface area contributed by atoms with Gasteiger partial charge in [0.25, 0.3) is 0 Å². The van der Waals surface area contributed by atoms with Crippen molar-refractivity contribution >= 4 is 18.0 Å². The van der Waals surface area contributed by atoms with Crippen LogP contribution < -0.4 is 10.6 Å². The fourth-order valence-electron chi connectivity index (χ4n) is 2.56. The van der Waals surface area contributed by atoms with Gasteiger partial charge >= 0.3 is 18.0 Å². The molecule has 134 valence electrons. The molecule has 0 bridgehead atoms. The van der Waals surface area contributed by atoms with Crippen molar-refractivity contribution in [3.05, 3.63) is 46.7 Å². The Morgan fingerprint density at radius 1 is 1.20 bits per heavy atom. The lowest BCUT2D eigenvalue weighted by atomic mass is 10.0. The van der Waals surface area contributed by atoms with E-state index in [2.05, 4.69) is 10.6 Å². The van der Waals surface area contributed by atoms with Gasteiger partial charge in [-0.15, -0.1) is 0 Å². The summed E-state index contributed by atoms with van der Waals surface area (Å²) in [6.45, 7) is 5.29. The zero-order chi connectivity index (χ0) is 18.4. The Morgan fingerprint density at radius 3 is 2.60 bits per heavy atom. The minimum Gasteiger partial charge on any atom is -0.463 e. The van der Waals surface area contributed by atoms with Crippen LogP contribution in [-0.2, 0) is 25.5 Å². The third-order valence-electron chi connectivity index (χ3n) is 3.84. The van der Waals surface area contributed by atoms with Crippen molar-refractivity contribution < 1.29 is 23.9 Å². The molecule has 1 aromatic rings. The number of urea groups is 1. The number of carbonyl (C=O) groups excluding carboxylic acids is 3. The first-order valence-electron chi connectivity index (χ1n) is 8.10. The molecule has 0 radical (unpaired) electrons. The molecule has 1 aliphatic heterocycles. The Labute approximate surface area is 146 Å². The third-order valence-corrected chi connectivity index (χ3v) is 3.84. The zero-order valence-corrected chi connectivity index (χ0v) is 14.5. The molecule has 0 saturated heterocycles. The molecule has 1 atom stereocenters. The van der Waals surface area contributed by atoms with Crippen molar-refractivity contribution in [2.24, 2.45) is 0 Å². The van der Waals surface area contributed by atoms with Gasteiger partial charge in [-0.1, -0.05) is 24.3 Å². The van der Waals surface area contributed by atoms with Gasteiger partial charge in [-0.3, -0.25) is 4.79 Å². The van der Waals surface area contributed by atoms with Crippen LogP contribution in [-0.4, -0.2) is 37.2 Å². The van der Waals surface area contributed by atoms with Gasteiger partial charge in [0.1, 0.15) is 6.61 Å². The van der Waals surface area contributed by atoms with E-state index >= 15 is 0 Å². The highest BCUT2D eigenvalue weighted by Crippen LogP contribution is 2.15. The van der Waals surface area contributed by atoms with Crippen molar-refractivity contribution in [1.29, 1.82) is 0 Å². The van der Waals surface area contributed by atoms with Crippen molar-refractivity contribution in [1.82, 2.24) is 10.6 Å². The van der Waals surface area contributed by atoms with E-state index in [1.807, 2.05) is 31.2 Å². The molecule has 7 heteroatoms. The molecular formula is C18H22N2O5. The molecule has 7 nitrogen and oxygen atoms in total. The predicted molar refractivity (Wildman–Crippen MR) is 90.6 cm³/mol. The number of ether oxygens (including phenoxy) is 2. The summed E-state index contributed by atoms with van der Waals surface area (Å²) in [5, 5.41) is 5.10. The average Bonchev–Trinajstić information content (AvgIpc) is 2.54. The highest BCUT2D eigenvalue weighted by atomic mass is 16.5. The maximum atomic E-state index is 12.1. The van der Waals surface area contributed by atoms with E-state index < -0.39 is 24.0 Å². The number of aryl methyl sites for hydroxylation is 1. The van der Waals surface area contributed by atoms with Crippen LogP contribution in [0.3, 0.4) is 0 Å². The summed E-state index contributed by atoms with van der Waals surface area (Å²) < 4.78 is 10.3. The van der Waals surface area contributed by atoms with E-state index in [4.69, 9.17) is 9.47 Å². The second-order valence-electron chi connectivity index (χ2n) is 5.70. The molecule has 0 aromatic heterocycles. The number of benzene rings is 1. The molecule has 1 aromatic carbocycles. The summed E-state index contributed by atoms with van der Waals surface area (Å²) in [6.07, 6.45) is 0.121. The summed E-state index contributed by atoms with van der Waals surface area (Å²) in [6, 6.07) is 6.54. The number of rotatable bonds is 6. The van der Waals surface area contributed by atoms with Crippen LogP contribution in [0.15, 0.2) is 35.5 Å². The lowest BCUT2D eigenvalue weighted by molar-refractivity contribution is -0.143. The van der Waals surface area contributed by atoms with Crippen molar-refractivity contribution in [2.75, 3.05) is 13.2 Å². The number of amides is 2. The van der Waals surface area contributed by atoms with Gasteiger partial charge in [-0.05, 0) is 31.9 Å². The number of hydrogen-bond donors (Lipinski definition) is 2. The normalized spacial score (nSPS) is 16.8. The van der Waals surface area contributed by atoms with Crippen LogP contribution >= 0.6 is 0 Å². The zero-order valence-electron chi connectivity index (χ0n) is 14.5. The van der Waals surface area contributed by atoms with E-state index in [0.717, 1.165) is 11.1 Å². The van der Waals surface area contributed by atoms with Gasteiger partial charge in [0.2, 0.25) is 0 Å². The highest BCUT2D eigenvalue weighted by molar-refractivity contribution is 5.94. The number of hydrogen-bond acceptors (Lipinski definition) is 5. The molecule has 2 rings (SSSR count). The van der Waals surface area contributed by atoms with Crippen LogP contribution in [0.25, 0.3) is 0 Å². The minimum atomic E-state index is -0.549. The molecule has 2 N–H and O–H groups in total. The van der Waals surface area contributed by atoms with Crippen LogP contribution in [0.4, 0.5) is 4.79 Å². The molecule has 0 spiro atoms. The standard InChI is InChI=1S/C18H22N2O5/c1-4-24-17(22)16-12(3)19-18(23)20-14(16)10-25-15(21)9-13-8-6-5-7-11(13)2/h5-8,12H,4,9-10H2,1-3H3,(H2,19,20,23)/t12-/m1/s1. The Bertz CT molecular complexity index is 711. The average molecular weight is 346 g/mol. The predicted octanol–water partition coefficient (Wildman–Crippen LogP) is 1.60. The molecular weight excluding hydrogens is 324 g/mol. The van der Waals surface area contributed by atoms with Gasteiger partial charge in [0.15, 0.2) is 0 Å². The fraction of sp³-hybridized carbons (Fsp3) is 0.389. The molecule has 2 amide bonds. The molecule has 25 heavy (non-hydrogen) atoms. The van der Waals surface area contributed by atoms with Gasteiger partial charge in [0, 0.05) is 0 Å². The van der Waals surface area contributed by atoms with Crippen molar-refractivity contribution in [3.63, 3.8) is 0 Å². The van der Waals surface area contributed by atoms with Gasteiger partial charge in [0.05, 0.1) is 30.3 Å². The van der Waals surface area contributed by atoms with E-state index in [0.29, 0.717) is 0 Å². The highest BCUT2D eigenvalue weighted by Gasteiger charge is 2.30. The maximum absolute atomic E-state index is 12.1. The quantitative estimate of drug-likeness (QED) is 0.763. The Morgan fingerprint density at radius 2 is 1.92 bits per heavy atom. The maximum Gasteiger partial charge on any atom is 0.338 e. The van der Waals surface area contributed by atoms with Crippen LogP contribution in [0, 0.1) is 6.92 Å². The number of nitrogens with one attached hydrogen (secondary N) is 2. The smallest absolute Gasteiger partial charge is 0.338 e. The SMILES string of the molecule is CCOC(=O)C1=C(COC(=O)Cc2ccccc2C)NC(=O)N[C@@H]1C. The molecule has 1 heterocycles. The Hall–Kier alpha value is -2.83. The van der Waals surface area contributed by atoms with Crippen LogP contribution in [0.1, 0.15) is 25.0 Å². The first-order valence-corrected chi connectivity index (χ1v) is 8.10. The number of carbonyl (C=O) groups is 3. The second kappa shape index (κ2) is 8.32. The molecule has 1 aliphatic rings. The monoisotopic (exact) mass is 346 g/mol. The Balaban J connectivity index is 2.08. The topological polar surface area (TPSA) is 93.7 Å². The van der Waals surface area contributed by atoms with Crippen molar-refractivity contribution in [2.45, 2.75) is 33.2 Å². The first kappa shape index (κ1) is 18.5. The second-order valence-corrected chi connectivity index (χ2v) is 5.70. The third kappa shape index (κ3) is 4.82. The van der Waals surface area contributed by atoms with E-state index in [1.54, 1.807) is 13.8 Å². The summed E-state index contributed by atoms with van der Waals surface area (Å²) >= 11 is 0. The summed E-state index contributed by atoms with van der Waals surface area (Å²) in [4.78, 5) is 35.8. The summed E-state index contributed by atoms with van der Waals surface area (Å²) in [5.74, 6) is -0.988. The lowest BCUT2D eigenvalue weighted by Crippen LogP contribution is -2.50. The van der Waals surface area contributed by atoms with E-state index in [1.165, 1.54) is 0 Å². The molecule has 0 saturated carbocycles. The summed E-state index contributed by atoms with van der Waals surface area (Å²) in [5.41, 5.74) is 2.36. The largest absolute Gasteiger partial charge is 0.463 e. The van der Waals surface area contributed by atoms with E-state index in [9.17, 15) is 14.4 Å².